The number of benzene rings is 2. The third kappa shape index (κ3) is 3.94. The van der Waals surface area contributed by atoms with Crippen LogP contribution in [0.1, 0.15) is 30.9 Å². The minimum atomic E-state index is -0.695. The molecule has 0 aromatic heterocycles. The number of amidine groups is 1. The van der Waals surface area contributed by atoms with Gasteiger partial charge in [-0.3, -0.25) is 0 Å². The highest BCUT2D eigenvalue weighted by Gasteiger charge is 2.13. The van der Waals surface area contributed by atoms with Crippen molar-refractivity contribution in [3.8, 4) is 0 Å². The van der Waals surface area contributed by atoms with E-state index in [2.05, 4.69) is 10.2 Å². The van der Waals surface area contributed by atoms with Gasteiger partial charge in [-0.25, -0.2) is 0 Å². The van der Waals surface area contributed by atoms with Gasteiger partial charge in [-0.2, -0.15) is 5.10 Å². The van der Waals surface area contributed by atoms with Crippen molar-refractivity contribution in [1.29, 1.82) is 0 Å². The van der Waals surface area contributed by atoms with E-state index in [0.29, 0.717) is 19.0 Å². The lowest BCUT2D eigenvalue weighted by Gasteiger charge is -2.14. The van der Waals surface area contributed by atoms with Crippen LogP contribution in [0.4, 0.5) is 0 Å². The standard InChI is InChI=1S/C18H21N3O2/c19-18(21-20-14-8-10-23-11-9-14)12-17(22)16-7-3-5-13-4-1-2-6-15(13)16/h1-7,17,22H,8-12H2,(H2,19,21). The molecule has 3 rings (SSSR count). The molecule has 1 aliphatic rings. The summed E-state index contributed by atoms with van der Waals surface area (Å²) in [5, 5.41) is 20.9. The third-order valence-corrected chi connectivity index (χ3v) is 3.97. The van der Waals surface area contributed by atoms with Crippen molar-refractivity contribution in [3.05, 3.63) is 48.0 Å². The van der Waals surface area contributed by atoms with Crippen molar-refractivity contribution in [1.82, 2.24) is 0 Å². The molecular weight excluding hydrogens is 290 g/mol. The lowest BCUT2D eigenvalue weighted by molar-refractivity contribution is 0.134. The van der Waals surface area contributed by atoms with E-state index in [4.69, 9.17) is 10.5 Å². The molecule has 1 aliphatic heterocycles. The summed E-state index contributed by atoms with van der Waals surface area (Å²) in [5.41, 5.74) is 7.78. The van der Waals surface area contributed by atoms with E-state index in [-0.39, 0.29) is 6.42 Å². The smallest absolute Gasteiger partial charge is 0.125 e. The van der Waals surface area contributed by atoms with E-state index >= 15 is 0 Å². The summed E-state index contributed by atoms with van der Waals surface area (Å²) in [5.74, 6) is 0.337. The Kier molecular flexibility index (Phi) is 5.00. The largest absolute Gasteiger partial charge is 0.388 e. The predicted octanol–water partition coefficient (Wildman–Crippen LogP) is 2.79. The first-order valence-electron chi connectivity index (χ1n) is 7.85. The Morgan fingerprint density at radius 1 is 1.13 bits per heavy atom. The summed E-state index contributed by atoms with van der Waals surface area (Å²) >= 11 is 0. The highest BCUT2D eigenvalue weighted by molar-refractivity contribution is 5.88. The zero-order valence-corrected chi connectivity index (χ0v) is 13.0. The molecule has 1 heterocycles. The van der Waals surface area contributed by atoms with Crippen LogP contribution in [0.3, 0.4) is 0 Å². The van der Waals surface area contributed by atoms with Gasteiger partial charge in [0, 0.05) is 25.0 Å². The van der Waals surface area contributed by atoms with Crippen LogP contribution in [0.15, 0.2) is 52.7 Å². The van der Waals surface area contributed by atoms with E-state index in [1.807, 2.05) is 42.5 Å². The van der Waals surface area contributed by atoms with E-state index in [1.165, 1.54) is 0 Å². The molecule has 5 heteroatoms. The fourth-order valence-electron chi connectivity index (χ4n) is 2.73. The van der Waals surface area contributed by atoms with Crippen LogP contribution in [0, 0.1) is 0 Å². The van der Waals surface area contributed by atoms with Crippen molar-refractivity contribution in [2.24, 2.45) is 15.9 Å². The molecule has 0 saturated carbocycles. The SMILES string of the molecule is N/C(CC(O)c1cccc2ccccc12)=N\N=C1CCOCC1. The Balaban J connectivity index is 1.73. The van der Waals surface area contributed by atoms with Crippen molar-refractivity contribution < 1.29 is 9.84 Å². The van der Waals surface area contributed by atoms with Crippen LogP contribution in [-0.2, 0) is 4.74 Å². The lowest BCUT2D eigenvalue weighted by Crippen LogP contribution is -2.17. The first-order chi connectivity index (χ1) is 11.2. The highest BCUT2D eigenvalue weighted by Crippen LogP contribution is 2.26. The molecule has 0 aliphatic carbocycles. The molecule has 1 atom stereocenters. The van der Waals surface area contributed by atoms with Crippen molar-refractivity contribution in [3.63, 3.8) is 0 Å². The number of hydrogen-bond acceptors (Lipinski definition) is 4. The van der Waals surface area contributed by atoms with E-state index in [0.717, 1.165) is 34.9 Å². The van der Waals surface area contributed by atoms with Gasteiger partial charge in [-0.05, 0) is 16.3 Å². The van der Waals surface area contributed by atoms with Gasteiger partial charge in [0.15, 0.2) is 0 Å². The minimum absolute atomic E-state index is 0.265. The summed E-state index contributed by atoms with van der Waals surface area (Å²) in [7, 11) is 0. The lowest BCUT2D eigenvalue weighted by atomic mass is 9.98. The second-order valence-corrected chi connectivity index (χ2v) is 5.66. The molecule has 2 aromatic carbocycles. The summed E-state index contributed by atoms with van der Waals surface area (Å²) in [6.45, 7) is 1.37. The van der Waals surface area contributed by atoms with Crippen LogP contribution in [-0.4, -0.2) is 29.9 Å². The molecule has 23 heavy (non-hydrogen) atoms. The summed E-state index contributed by atoms with van der Waals surface area (Å²) in [6, 6.07) is 13.9. The molecule has 1 unspecified atom stereocenters. The molecule has 5 nitrogen and oxygen atoms in total. The molecule has 1 fully saturated rings. The van der Waals surface area contributed by atoms with E-state index in [9.17, 15) is 5.11 Å². The minimum Gasteiger partial charge on any atom is -0.388 e. The number of hydrogen-bond donors (Lipinski definition) is 2. The molecule has 0 amide bonds. The second-order valence-electron chi connectivity index (χ2n) is 5.66. The van der Waals surface area contributed by atoms with E-state index < -0.39 is 6.10 Å². The second kappa shape index (κ2) is 7.35. The van der Waals surface area contributed by atoms with Crippen LogP contribution < -0.4 is 5.73 Å². The van der Waals surface area contributed by atoms with Crippen LogP contribution >= 0.6 is 0 Å². The first-order valence-corrected chi connectivity index (χ1v) is 7.85. The zero-order valence-electron chi connectivity index (χ0n) is 13.0. The Morgan fingerprint density at radius 2 is 1.87 bits per heavy atom. The number of fused-ring (bicyclic) bond motifs is 1. The number of aliphatic hydroxyl groups excluding tert-OH is 1. The van der Waals surface area contributed by atoms with Gasteiger partial charge in [0.05, 0.1) is 19.3 Å². The Bertz CT molecular complexity index is 727. The van der Waals surface area contributed by atoms with Crippen molar-refractivity contribution >= 4 is 22.3 Å². The Hall–Kier alpha value is -2.24. The molecule has 0 bridgehead atoms. The fraction of sp³-hybridized carbons (Fsp3) is 0.333. The molecule has 0 spiro atoms. The van der Waals surface area contributed by atoms with Crippen molar-refractivity contribution in [2.45, 2.75) is 25.4 Å². The average molecular weight is 311 g/mol. The fourth-order valence-corrected chi connectivity index (χ4v) is 2.73. The maximum atomic E-state index is 10.5. The monoisotopic (exact) mass is 311 g/mol. The number of nitrogens with zero attached hydrogens (tertiary/aromatic N) is 2. The zero-order chi connectivity index (χ0) is 16.1. The Labute approximate surface area is 135 Å². The normalized spacial score (nSPS) is 17.3. The van der Waals surface area contributed by atoms with Gasteiger partial charge < -0.3 is 15.6 Å². The number of ether oxygens (including phenoxy) is 1. The molecular formula is C18H21N3O2. The van der Waals surface area contributed by atoms with Gasteiger partial charge >= 0.3 is 0 Å². The maximum Gasteiger partial charge on any atom is 0.125 e. The van der Waals surface area contributed by atoms with E-state index in [1.54, 1.807) is 0 Å². The van der Waals surface area contributed by atoms with Crippen molar-refractivity contribution in [2.75, 3.05) is 13.2 Å². The number of aliphatic hydroxyl groups is 1. The van der Waals surface area contributed by atoms with Crippen LogP contribution in [0.5, 0.6) is 0 Å². The van der Waals surface area contributed by atoms with Crippen LogP contribution in [0.2, 0.25) is 0 Å². The molecule has 1 saturated heterocycles. The highest BCUT2D eigenvalue weighted by atomic mass is 16.5. The van der Waals surface area contributed by atoms with Gasteiger partial charge in [-0.15, -0.1) is 5.10 Å². The molecule has 120 valence electrons. The predicted molar refractivity (Wildman–Crippen MR) is 92.6 cm³/mol. The third-order valence-electron chi connectivity index (χ3n) is 3.97. The molecule has 2 aromatic rings. The quantitative estimate of drug-likeness (QED) is 0.517. The van der Waals surface area contributed by atoms with Gasteiger partial charge in [0.2, 0.25) is 0 Å². The van der Waals surface area contributed by atoms with Gasteiger partial charge in [0.1, 0.15) is 5.84 Å². The summed E-state index contributed by atoms with van der Waals surface area (Å²) in [4.78, 5) is 0. The average Bonchev–Trinajstić information content (AvgIpc) is 2.60. The van der Waals surface area contributed by atoms with Gasteiger partial charge in [-0.1, -0.05) is 42.5 Å². The Morgan fingerprint density at radius 3 is 2.70 bits per heavy atom. The summed E-state index contributed by atoms with van der Waals surface area (Å²) < 4.78 is 5.27. The van der Waals surface area contributed by atoms with Crippen LogP contribution in [0.25, 0.3) is 10.8 Å². The first kappa shape index (κ1) is 15.6. The van der Waals surface area contributed by atoms with Gasteiger partial charge in [0.25, 0.3) is 0 Å². The summed E-state index contributed by atoms with van der Waals surface area (Å²) in [6.07, 6.45) is 1.16. The molecule has 0 radical (unpaired) electrons. The number of nitrogens with two attached hydrogens (primary N) is 1. The topological polar surface area (TPSA) is 80.2 Å². The number of rotatable bonds is 4. The maximum absolute atomic E-state index is 10.5. The molecule has 3 N–H and O–H groups in total.